The van der Waals surface area contributed by atoms with Gasteiger partial charge in [0, 0.05) is 13.1 Å². The van der Waals surface area contributed by atoms with Crippen molar-refractivity contribution in [1.29, 1.82) is 0 Å². The van der Waals surface area contributed by atoms with Crippen molar-refractivity contribution >= 4 is 11.6 Å². The van der Waals surface area contributed by atoms with Gasteiger partial charge in [0.05, 0.1) is 17.7 Å². The van der Waals surface area contributed by atoms with Crippen molar-refractivity contribution in [1.82, 2.24) is 5.32 Å². The van der Waals surface area contributed by atoms with E-state index in [1.54, 1.807) is 0 Å². The first-order chi connectivity index (χ1) is 8.66. The predicted molar refractivity (Wildman–Crippen MR) is 70.4 cm³/mol. The fraction of sp³-hybridized carbons (Fsp3) is 0.538. The topological polar surface area (TPSA) is 39.7 Å². The van der Waals surface area contributed by atoms with Crippen molar-refractivity contribution in [2.24, 2.45) is 0 Å². The van der Waals surface area contributed by atoms with Crippen LogP contribution in [0.5, 0.6) is 11.5 Å². The molecule has 0 saturated carbocycles. The molecule has 1 heterocycles. The molecule has 18 heavy (non-hydrogen) atoms. The van der Waals surface area contributed by atoms with E-state index in [-0.39, 0.29) is 12.9 Å². The molecule has 0 radical (unpaired) electrons. The largest absolute Gasteiger partial charge is 0.454 e. The van der Waals surface area contributed by atoms with Gasteiger partial charge in [0.15, 0.2) is 11.5 Å². The maximum atomic E-state index is 6.10. The molecule has 0 saturated heterocycles. The summed E-state index contributed by atoms with van der Waals surface area (Å²) < 4.78 is 16.0. The van der Waals surface area contributed by atoms with E-state index >= 15 is 0 Å². The fourth-order valence-corrected chi connectivity index (χ4v) is 2.01. The van der Waals surface area contributed by atoms with Gasteiger partial charge >= 0.3 is 0 Å². The van der Waals surface area contributed by atoms with Gasteiger partial charge in [0.1, 0.15) is 0 Å². The van der Waals surface area contributed by atoms with Crippen LogP contribution in [0.2, 0.25) is 5.02 Å². The number of benzene rings is 1. The van der Waals surface area contributed by atoms with Gasteiger partial charge in [-0.15, -0.1) is 0 Å². The molecule has 1 aromatic rings. The molecule has 0 fully saturated rings. The molecule has 2 rings (SSSR count). The second kappa shape index (κ2) is 6.27. The van der Waals surface area contributed by atoms with Gasteiger partial charge in [-0.2, -0.15) is 0 Å². The van der Waals surface area contributed by atoms with Crippen molar-refractivity contribution in [2.75, 3.05) is 19.9 Å². The van der Waals surface area contributed by atoms with Crippen molar-refractivity contribution < 1.29 is 14.2 Å². The van der Waals surface area contributed by atoms with Crippen LogP contribution in [0.3, 0.4) is 0 Å². The summed E-state index contributed by atoms with van der Waals surface area (Å²) in [6.45, 7) is 6.54. The summed E-state index contributed by atoms with van der Waals surface area (Å²) in [5.41, 5.74) is 1.08. The standard InChI is InChI=1S/C13H18ClNO3/c1-9(2)16-4-3-15-7-10-5-11(14)13-12(6-10)17-8-18-13/h5-6,9,15H,3-4,7-8H2,1-2H3. The van der Waals surface area contributed by atoms with Gasteiger partial charge in [-0.25, -0.2) is 0 Å². The van der Waals surface area contributed by atoms with E-state index in [1.807, 2.05) is 26.0 Å². The smallest absolute Gasteiger partial charge is 0.231 e. The Bertz CT molecular complexity index is 409. The van der Waals surface area contributed by atoms with Crippen molar-refractivity contribution in [2.45, 2.75) is 26.5 Å². The van der Waals surface area contributed by atoms with Crippen LogP contribution in [0, 0.1) is 0 Å². The molecular weight excluding hydrogens is 254 g/mol. The van der Waals surface area contributed by atoms with Gasteiger partial charge < -0.3 is 19.5 Å². The summed E-state index contributed by atoms with van der Waals surface area (Å²) >= 11 is 6.10. The number of fused-ring (bicyclic) bond motifs is 1. The first-order valence-electron chi connectivity index (χ1n) is 6.07. The molecule has 5 heteroatoms. The van der Waals surface area contributed by atoms with Crippen LogP contribution in [0.15, 0.2) is 12.1 Å². The van der Waals surface area contributed by atoms with Gasteiger partial charge in [0.2, 0.25) is 6.79 Å². The van der Waals surface area contributed by atoms with E-state index in [9.17, 15) is 0 Å². The third-order valence-electron chi connectivity index (χ3n) is 2.55. The third kappa shape index (κ3) is 3.51. The number of hydrogen-bond donors (Lipinski definition) is 1. The molecule has 1 aromatic carbocycles. The Morgan fingerprint density at radius 3 is 3.00 bits per heavy atom. The maximum Gasteiger partial charge on any atom is 0.231 e. The number of ether oxygens (including phenoxy) is 3. The van der Waals surface area contributed by atoms with E-state index in [0.717, 1.165) is 24.4 Å². The number of halogens is 1. The zero-order valence-electron chi connectivity index (χ0n) is 10.7. The Hall–Kier alpha value is -0.970. The summed E-state index contributed by atoms with van der Waals surface area (Å²) in [6.07, 6.45) is 0.270. The molecule has 1 N–H and O–H groups in total. The van der Waals surface area contributed by atoms with Crippen molar-refractivity contribution in [3.8, 4) is 11.5 Å². The second-order valence-electron chi connectivity index (χ2n) is 4.41. The fourth-order valence-electron chi connectivity index (χ4n) is 1.72. The van der Waals surface area contributed by atoms with E-state index in [1.165, 1.54) is 0 Å². The molecule has 1 aliphatic heterocycles. The predicted octanol–water partition coefficient (Wildman–Crippen LogP) is 2.58. The normalized spacial score (nSPS) is 13.3. The highest BCUT2D eigenvalue weighted by Crippen LogP contribution is 2.39. The Balaban J connectivity index is 1.81. The molecule has 0 unspecified atom stereocenters. The van der Waals surface area contributed by atoms with Crippen LogP contribution in [-0.4, -0.2) is 26.0 Å². The average Bonchev–Trinajstić information content (AvgIpc) is 2.77. The summed E-state index contributed by atoms with van der Waals surface area (Å²) in [6, 6.07) is 3.84. The second-order valence-corrected chi connectivity index (χ2v) is 4.81. The minimum atomic E-state index is 0.244. The van der Waals surface area contributed by atoms with E-state index in [0.29, 0.717) is 17.4 Å². The van der Waals surface area contributed by atoms with Crippen LogP contribution in [0.4, 0.5) is 0 Å². The highest BCUT2D eigenvalue weighted by molar-refractivity contribution is 6.32. The quantitative estimate of drug-likeness (QED) is 0.808. The highest BCUT2D eigenvalue weighted by Gasteiger charge is 2.17. The Morgan fingerprint density at radius 1 is 1.39 bits per heavy atom. The molecule has 0 aliphatic carbocycles. The van der Waals surface area contributed by atoms with Gasteiger partial charge in [0.25, 0.3) is 0 Å². The van der Waals surface area contributed by atoms with Crippen molar-refractivity contribution in [3.63, 3.8) is 0 Å². The van der Waals surface area contributed by atoms with Crippen LogP contribution in [0.25, 0.3) is 0 Å². The first kappa shape index (κ1) is 13.5. The minimum Gasteiger partial charge on any atom is -0.454 e. The van der Waals surface area contributed by atoms with E-state index in [2.05, 4.69) is 5.32 Å². The summed E-state index contributed by atoms with van der Waals surface area (Å²) in [5, 5.41) is 3.89. The zero-order valence-corrected chi connectivity index (χ0v) is 11.4. The Morgan fingerprint density at radius 2 is 2.22 bits per heavy atom. The Labute approximate surface area is 112 Å². The first-order valence-corrected chi connectivity index (χ1v) is 6.45. The monoisotopic (exact) mass is 271 g/mol. The molecule has 100 valence electrons. The van der Waals surface area contributed by atoms with E-state index in [4.69, 9.17) is 25.8 Å². The van der Waals surface area contributed by atoms with Gasteiger partial charge in [-0.1, -0.05) is 11.6 Å². The lowest BCUT2D eigenvalue weighted by Crippen LogP contribution is -2.20. The number of rotatable bonds is 6. The van der Waals surface area contributed by atoms with Crippen molar-refractivity contribution in [3.05, 3.63) is 22.7 Å². The number of nitrogens with one attached hydrogen (secondary N) is 1. The molecule has 0 bridgehead atoms. The SMILES string of the molecule is CC(C)OCCNCc1cc(Cl)c2c(c1)OCO2. The molecule has 4 nitrogen and oxygen atoms in total. The molecular formula is C13H18ClNO3. The van der Waals surface area contributed by atoms with Gasteiger partial charge in [-0.3, -0.25) is 0 Å². The van der Waals surface area contributed by atoms with Crippen LogP contribution in [-0.2, 0) is 11.3 Å². The molecule has 0 aromatic heterocycles. The number of hydrogen-bond acceptors (Lipinski definition) is 4. The molecule has 0 amide bonds. The van der Waals surface area contributed by atoms with Crippen LogP contribution >= 0.6 is 11.6 Å². The molecule has 1 aliphatic rings. The molecule has 0 spiro atoms. The Kier molecular flexibility index (Phi) is 4.69. The lowest BCUT2D eigenvalue weighted by atomic mass is 10.2. The lowest BCUT2D eigenvalue weighted by Gasteiger charge is -2.09. The zero-order chi connectivity index (χ0) is 13.0. The minimum absolute atomic E-state index is 0.244. The summed E-state index contributed by atoms with van der Waals surface area (Å²) in [7, 11) is 0. The highest BCUT2D eigenvalue weighted by atomic mass is 35.5. The summed E-state index contributed by atoms with van der Waals surface area (Å²) in [5.74, 6) is 1.36. The lowest BCUT2D eigenvalue weighted by molar-refractivity contribution is 0.0807. The van der Waals surface area contributed by atoms with Crippen LogP contribution < -0.4 is 14.8 Å². The summed E-state index contributed by atoms with van der Waals surface area (Å²) in [4.78, 5) is 0. The third-order valence-corrected chi connectivity index (χ3v) is 2.83. The molecule has 0 atom stereocenters. The maximum absolute atomic E-state index is 6.10. The van der Waals surface area contributed by atoms with Gasteiger partial charge in [-0.05, 0) is 31.5 Å². The van der Waals surface area contributed by atoms with Crippen LogP contribution in [0.1, 0.15) is 19.4 Å². The average molecular weight is 272 g/mol. The van der Waals surface area contributed by atoms with E-state index < -0.39 is 0 Å².